The summed E-state index contributed by atoms with van der Waals surface area (Å²) in [6.45, 7) is 5.21. The quantitative estimate of drug-likeness (QED) is 0.475. The summed E-state index contributed by atoms with van der Waals surface area (Å²) in [6, 6.07) is 14.1. The number of ether oxygens (including phenoxy) is 1. The first kappa shape index (κ1) is 21.0. The Kier molecular flexibility index (Phi) is 7.34. The molecule has 1 aliphatic rings. The van der Waals surface area contributed by atoms with E-state index in [1.807, 2.05) is 24.3 Å². The van der Waals surface area contributed by atoms with E-state index in [0.29, 0.717) is 24.7 Å². The molecule has 0 saturated carbocycles. The molecule has 0 aromatic heterocycles. The summed E-state index contributed by atoms with van der Waals surface area (Å²) in [4.78, 5) is 2.22. The molecule has 1 atom stereocenters. The number of rotatable bonds is 10. The molecule has 6 heteroatoms. The van der Waals surface area contributed by atoms with Crippen LogP contribution in [0, 0.1) is 11.3 Å². The van der Waals surface area contributed by atoms with Crippen LogP contribution in [0.3, 0.4) is 0 Å². The molecule has 1 heterocycles. The molecule has 0 amide bonds. The van der Waals surface area contributed by atoms with Crippen molar-refractivity contribution in [1.29, 1.82) is 5.26 Å². The van der Waals surface area contributed by atoms with Gasteiger partial charge in [0.05, 0.1) is 11.3 Å². The van der Waals surface area contributed by atoms with Crippen molar-refractivity contribution in [1.82, 2.24) is 5.32 Å². The molecule has 0 saturated heterocycles. The van der Waals surface area contributed by atoms with E-state index in [0.717, 1.165) is 43.6 Å². The van der Waals surface area contributed by atoms with Crippen LogP contribution in [0.5, 0.6) is 11.5 Å². The molecular formula is C23H30N3O3+. The van der Waals surface area contributed by atoms with Gasteiger partial charge in [0.1, 0.15) is 12.7 Å². The van der Waals surface area contributed by atoms with Gasteiger partial charge in [-0.2, -0.15) is 5.26 Å². The van der Waals surface area contributed by atoms with E-state index in [4.69, 9.17) is 14.9 Å². The lowest BCUT2D eigenvalue weighted by atomic mass is 9.99. The number of nitrogens with one attached hydrogen (secondary N) is 1. The van der Waals surface area contributed by atoms with E-state index in [1.165, 1.54) is 11.1 Å². The van der Waals surface area contributed by atoms with Crippen molar-refractivity contribution >= 4 is 5.69 Å². The number of hydrogen-bond acceptors (Lipinski definition) is 5. The van der Waals surface area contributed by atoms with Gasteiger partial charge in [-0.05, 0) is 49.4 Å². The summed E-state index contributed by atoms with van der Waals surface area (Å²) >= 11 is 0. The van der Waals surface area contributed by atoms with Crippen LogP contribution in [0.4, 0.5) is 5.69 Å². The minimum Gasteiger partial charge on any atom is -0.591 e. The van der Waals surface area contributed by atoms with Gasteiger partial charge in [0.2, 0.25) is 5.75 Å². The van der Waals surface area contributed by atoms with Crippen molar-refractivity contribution in [3.05, 3.63) is 53.1 Å². The molecule has 2 aromatic rings. The molecule has 154 valence electrons. The molecule has 2 aromatic carbocycles. The maximum Gasteiger partial charge on any atom is 0.296 e. The number of aliphatic hydroxyl groups excluding tert-OH is 1. The van der Waals surface area contributed by atoms with E-state index < -0.39 is 0 Å². The normalized spacial score (nSPS) is 13.8. The van der Waals surface area contributed by atoms with Gasteiger partial charge in [-0.1, -0.05) is 18.2 Å². The summed E-state index contributed by atoms with van der Waals surface area (Å²) < 4.78 is 5.66. The molecule has 3 rings (SSSR count). The molecule has 0 radical (unpaired) electrons. The number of benzene rings is 2. The molecule has 0 aliphatic carbocycles. The van der Waals surface area contributed by atoms with Gasteiger partial charge in [-0.15, -0.1) is 0 Å². The van der Waals surface area contributed by atoms with E-state index >= 15 is 0 Å². The lowest BCUT2D eigenvalue weighted by molar-refractivity contribution is 0.290. The number of aliphatic hydroxyl groups is 1. The standard InChI is InChI=1S/C23H29N3O3/c1-17(25-8-12-29-22-6-3-2-5-21(22)28)13-18-14-19-7-10-26(9-4-11-27)23(19)20(15-18)16-24/h2-3,5-6,14-15,17,25,27-28H,4,7-13H2,1H3/p+1/t17-/m1/s1. The first-order chi connectivity index (χ1) is 14.1. The molecule has 0 spiro atoms. The summed E-state index contributed by atoms with van der Waals surface area (Å²) in [7, 11) is 0. The Hall–Kier alpha value is -2.75. The Bertz CT molecular complexity index is 863. The van der Waals surface area contributed by atoms with Gasteiger partial charge in [0.15, 0.2) is 0 Å². The zero-order chi connectivity index (χ0) is 20.6. The highest BCUT2D eigenvalue weighted by Gasteiger charge is 2.23. The number of anilines is 1. The fourth-order valence-corrected chi connectivity index (χ4v) is 3.86. The fraction of sp³-hybridized carbons (Fsp3) is 0.435. The van der Waals surface area contributed by atoms with Crippen LogP contribution in [0.25, 0.3) is 0 Å². The zero-order valence-electron chi connectivity index (χ0n) is 16.9. The number of nitriles is 1. The molecule has 4 N–H and O–H groups in total. The van der Waals surface area contributed by atoms with Gasteiger partial charge >= 0.3 is 0 Å². The monoisotopic (exact) mass is 396 g/mol. The highest BCUT2D eigenvalue weighted by molar-refractivity contribution is 5.68. The third kappa shape index (κ3) is 5.41. The van der Waals surface area contributed by atoms with Crippen LogP contribution in [-0.2, 0) is 12.8 Å². The Morgan fingerprint density at radius 1 is 1.34 bits per heavy atom. The zero-order valence-corrected chi connectivity index (χ0v) is 16.9. The van der Waals surface area contributed by atoms with Crippen LogP contribution in [0.2, 0.25) is 0 Å². The average molecular weight is 397 g/mol. The topological polar surface area (TPSA) is 91.4 Å². The van der Waals surface area contributed by atoms with Crippen LogP contribution < -0.4 is 15.0 Å². The second-order valence-corrected chi connectivity index (χ2v) is 7.48. The molecule has 29 heavy (non-hydrogen) atoms. The van der Waals surface area contributed by atoms with Crippen molar-refractivity contribution in [3.63, 3.8) is 0 Å². The molecule has 1 aliphatic heterocycles. The van der Waals surface area contributed by atoms with Crippen LogP contribution in [0.1, 0.15) is 30.0 Å². The average Bonchev–Trinajstić information content (AvgIpc) is 3.13. The maximum absolute atomic E-state index is 9.63. The largest absolute Gasteiger partial charge is 0.591 e. The number of nitrogens with zero attached hydrogens (tertiary/aromatic N) is 2. The fourth-order valence-electron chi connectivity index (χ4n) is 3.86. The van der Waals surface area contributed by atoms with Gasteiger partial charge in [0.25, 0.3) is 5.75 Å². The second kappa shape index (κ2) is 10.1. The third-order valence-corrected chi connectivity index (χ3v) is 5.20. The Balaban J connectivity index is 1.53. The summed E-state index contributed by atoms with van der Waals surface area (Å²) in [6.07, 6.45) is 2.51. The molecule has 0 unspecified atom stereocenters. The number of fused-ring (bicyclic) bond motifs is 1. The summed E-state index contributed by atoms with van der Waals surface area (Å²) in [5.41, 5.74) is 4.18. The Morgan fingerprint density at radius 3 is 2.93 bits per heavy atom. The van der Waals surface area contributed by atoms with E-state index in [2.05, 4.69) is 29.3 Å². The summed E-state index contributed by atoms with van der Waals surface area (Å²) in [5.74, 6) is 1.00. The van der Waals surface area contributed by atoms with Crippen LogP contribution in [-0.4, -0.2) is 49.1 Å². The highest BCUT2D eigenvalue weighted by atomic mass is 16.5. The SMILES string of the molecule is C[C@H](Cc1cc(C#N)c2c(c1)CCN2CCCO)NCCOc1ccccc1[OH2+]. The first-order valence-electron chi connectivity index (χ1n) is 10.2. The summed E-state index contributed by atoms with van der Waals surface area (Å²) in [5, 5.41) is 30.0. The van der Waals surface area contributed by atoms with E-state index in [-0.39, 0.29) is 12.6 Å². The highest BCUT2D eigenvalue weighted by Crippen LogP contribution is 2.33. The molecule has 0 fully saturated rings. The predicted molar refractivity (Wildman–Crippen MR) is 115 cm³/mol. The number of para-hydroxylation sites is 2. The van der Waals surface area contributed by atoms with Gasteiger partial charge in [0, 0.05) is 38.3 Å². The molecular weight excluding hydrogens is 366 g/mol. The van der Waals surface area contributed by atoms with E-state index in [9.17, 15) is 5.26 Å². The Morgan fingerprint density at radius 2 is 2.17 bits per heavy atom. The minimum absolute atomic E-state index is 0.173. The Labute approximate surface area is 172 Å². The van der Waals surface area contributed by atoms with Crippen molar-refractivity contribution < 1.29 is 14.9 Å². The smallest absolute Gasteiger partial charge is 0.296 e. The van der Waals surface area contributed by atoms with Gasteiger partial charge in [-0.25, -0.2) is 0 Å². The van der Waals surface area contributed by atoms with E-state index in [1.54, 1.807) is 6.07 Å². The minimum atomic E-state index is 0.173. The van der Waals surface area contributed by atoms with Crippen molar-refractivity contribution in [2.75, 3.05) is 37.7 Å². The maximum atomic E-state index is 9.63. The second-order valence-electron chi connectivity index (χ2n) is 7.48. The molecule has 0 bridgehead atoms. The first-order valence-corrected chi connectivity index (χ1v) is 10.2. The van der Waals surface area contributed by atoms with Crippen molar-refractivity contribution in [3.8, 4) is 17.6 Å². The lowest BCUT2D eigenvalue weighted by Crippen LogP contribution is -2.31. The van der Waals surface area contributed by atoms with Crippen LogP contribution in [0.15, 0.2) is 36.4 Å². The molecule has 6 nitrogen and oxygen atoms in total. The van der Waals surface area contributed by atoms with Crippen molar-refractivity contribution in [2.45, 2.75) is 32.2 Å². The van der Waals surface area contributed by atoms with Crippen molar-refractivity contribution in [2.24, 2.45) is 0 Å². The third-order valence-electron chi connectivity index (χ3n) is 5.20. The lowest BCUT2D eigenvalue weighted by Gasteiger charge is -2.21. The van der Waals surface area contributed by atoms with Gasteiger partial charge < -0.3 is 25.2 Å². The van der Waals surface area contributed by atoms with Gasteiger partial charge in [-0.3, -0.25) is 0 Å². The number of hydrogen-bond donors (Lipinski definition) is 2. The van der Waals surface area contributed by atoms with Crippen LogP contribution >= 0.6 is 0 Å². The predicted octanol–water partition coefficient (Wildman–Crippen LogP) is 2.34.